The van der Waals surface area contributed by atoms with Crippen molar-refractivity contribution in [1.82, 2.24) is 9.97 Å². The van der Waals surface area contributed by atoms with Crippen LogP contribution in [0.15, 0.2) is 36.5 Å². The summed E-state index contributed by atoms with van der Waals surface area (Å²) >= 11 is 15.5. The summed E-state index contributed by atoms with van der Waals surface area (Å²) in [7, 11) is 1.41. The van der Waals surface area contributed by atoms with Crippen LogP contribution in [0.25, 0.3) is 0 Å². The number of hydroxylamine groups is 1. The minimum Gasteiger partial charge on any atom is -0.489 e. The smallest absolute Gasteiger partial charge is 0.275 e. The minimum atomic E-state index is -0.793. The molecule has 0 saturated carbocycles. The summed E-state index contributed by atoms with van der Waals surface area (Å²) in [5.41, 5.74) is 13.2. The quantitative estimate of drug-likeness (QED) is 0.0776. The molecular formula is C28H37Cl2N6O3S+. The van der Waals surface area contributed by atoms with E-state index < -0.39 is 4.16 Å². The van der Waals surface area contributed by atoms with Gasteiger partial charge in [-0.3, -0.25) is 0 Å². The van der Waals surface area contributed by atoms with Crippen LogP contribution in [-0.4, -0.2) is 38.9 Å². The number of rotatable bonds is 12. The Balaban J connectivity index is 0.000000305. The van der Waals surface area contributed by atoms with Crippen LogP contribution in [-0.2, 0) is 19.4 Å². The lowest BCUT2D eigenvalue weighted by molar-refractivity contribution is -0.955. The molecule has 1 unspecified atom stereocenters. The summed E-state index contributed by atoms with van der Waals surface area (Å²) in [4.78, 5) is 8.17. The van der Waals surface area contributed by atoms with Crippen molar-refractivity contribution < 1.29 is 18.8 Å². The number of hydrogen-bond donors (Lipinski definition) is 4. The zero-order valence-electron chi connectivity index (χ0n) is 23.2. The molecule has 40 heavy (non-hydrogen) atoms. The van der Waals surface area contributed by atoms with Gasteiger partial charge in [0.1, 0.15) is 50.7 Å². The van der Waals surface area contributed by atoms with E-state index in [9.17, 15) is 5.21 Å². The molecule has 12 heteroatoms. The molecule has 9 nitrogen and oxygen atoms in total. The predicted octanol–water partition coefficient (Wildman–Crippen LogP) is 6.69. The number of nitrogens with one attached hydrogen (secondary N) is 1. The molecule has 0 amide bonds. The highest BCUT2D eigenvalue weighted by atomic mass is 35.5. The number of benzene rings is 2. The van der Waals surface area contributed by atoms with Crippen LogP contribution >= 0.6 is 36.0 Å². The Morgan fingerprint density at radius 3 is 2.48 bits per heavy atom. The number of nitriles is 1. The van der Waals surface area contributed by atoms with Crippen molar-refractivity contribution in [2.24, 2.45) is 0 Å². The molecular weight excluding hydrogens is 571 g/mol. The number of aromatic nitrogens is 2. The third kappa shape index (κ3) is 10.9. The maximum Gasteiger partial charge on any atom is 0.275 e. The average Bonchev–Trinajstić information content (AvgIpc) is 2.89. The Morgan fingerprint density at radius 2 is 1.88 bits per heavy atom. The third-order valence-corrected chi connectivity index (χ3v) is 6.07. The first-order chi connectivity index (χ1) is 19.0. The SMILES string of the molecule is CCCc1cc(Cl)c(OCCCl)c(C#N)c1.CCCc1cc(OCc2cnc(N[N+](C)(O)S)nc2N)ccc1C. The van der Waals surface area contributed by atoms with Crippen molar-refractivity contribution >= 4 is 47.8 Å². The number of quaternary nitrogens is 1. The lowest BCUT2D eigenvalue weighted by Crippen LogP contribution is -2.36. The molecule has 0 aliphatic heterocycles. The van der Waals surface area contributed by atoms with E-state index in [0.717, 1.165) is 37.0 Å². The van der Waals surface area contributed by atoms with Crippen LogP contribution in [0.5, 0.6) is 11.5 Å². The van der Waals surface area contributed by atoms with Gasteiger partial charge in [-0.2, -0.15) is 20.9 Å². The van der Waals surface area contributed by atoms with Crippen molar-refractivity contribution in [3.05, 3.63) is 69.4 Å². The number of alkyl halides is 1. The fourth-order valence-electron chi connectivity index (χ4n) is 3.66. The van der Waals surface area contributed by atoms with E-state index in [1.54, 1.807) is 6.20 Å². The van der Waals surface area contributed by atoms with Crippen LogP contribution < -0.4 is 20.6 Å². The van der Waals surface area contributed by atoms with Crippen molar-refractivity contribution in [2.75, 3.05) is 30.7 Å². The summed E-state index contributed by atoms with van der Waals surface area (Å²) in [6.45, 7) is 6.95. The van der Waals surface area contributed by atoms with Gasteiger partial charge in [-0.15, -0.1) is 11.6 Å². The zero-order valence-corrected chi connectivity index (χ0v) is 25.7. The molecule has 0 aliphatic carbocycles. The normalized spacial score (nSPS) is 12.0. The second-order valence-electron chi connectivity index (χ2n) is 9.11. The molecule has 2 aromatic carbocycles. The number of aryl methyl sites for hydroxylation is 3. The lowest BCUT2D eigenvalue weighted by atomic mass is 10.0. The number of hydrogen-bond acceptors (Lipinski definition) is 9. The van der Waals surface area contributed by atoms with Crippen molar-refractivity contribution in [3.63, 3.8) is 0 Å². The third-order valence-electron chi connectivity index (χ3n) is 5.53. The monoisotopic (exact) mass is 607 g/mol. The number of anilines is 2. The molecule has 0 spiro atoms. The van der Waals surface area contributed by atoms with Gasteiger partial charge in [0, 0.05) is 6.20 Å². The Kier molecular flexibility index (Phi) is 13.6. The maximum absolute atomic E-state index is 9.52. The number of nitrogens with zero attached hydrogens (tertiary/aromatic N) is 4. The first kappa shape index (κ1) is 33.3. The van der Waals surface area contributed by atoms with Gasteiger partial charge in [0.15, 0.2) is 5.75 Å². The van der Waals surface area contributed by atoms with Crippen LogP contribution in [0.2, 0.25) is 5.02 Å². The average molecular weight is 609 g/mol. The zero-order chi connectivity index (χ0) is 29.7. The number of nitrogen functional groups attached to an aromatic ring is 1. The lowest BCUT2D eigenvalue weighted by Gasteiger charge is -2.17. The van der Waals surface area contributed by atoms with E-state index in [1.165, 1.54) is 18.2 Å². The van der Waals surface area contributed by atoms with Crippen LogP contribution in [0.1, 0.15) is 54.5 Å². The summed E-state index contributed by atoms with van der Waals surface area (Å²) in [6, 6.07) is 11.8. The maximum atomic E-state index is 9.52. The van der Waals surface area contributed by atoms with Gasteiger partial charge in [-0.1, -0.05) is 44.4 Å². The number of ether oxygens (including phenoxy) is 2. The molecule has 1 aromatic heterocycles. The predicted molar refractivity (Wildman–Crippen MR) is 163 cm³/mol. The van der Waals surface area contributed by atoms with Crippen LogP contribution in [0, 0.1) is 18.3 Å². The van der Waals surface area contributed by atoms with Gasteiger partial charge >= 0.3 is 0 Å². The molecule has 1 atom stereocenters. The molecule has 216 valence electrons. The molecule has 3 aromatic rings. The largest absolute Gasteiger partial charge is 0.489 e. The van der Waals surface area contributed by atoms with E-state index in [1.807, 2.05) is 18.2 Å². The van der Waals surface area contributed by atoms with Crippen molar-refractivity contribution in [2.45, 2.75) is 53.1 Å². The topological polar surface area (TPSA) is 126 Å². The minimum absolute atomic E-state index is 0.178. The highest BCUT2D eigenvalue weighted by Gasteiger charge is 2.16. The first-order valence-corrected chi connectivity index (χ1v) is 14.2. The molecule has 0 bridgehead atoms. The Morgan fingerprint density at radius 1 is 1.15 bits per heavy atom. The van der Waals surface area contributed by atoms with Gasteiger partial charge < -0.3 is 15.2 Å². The fraction of sp³-hybridized carbons (Fsp3) is 0.393. The fourth-order valence-corrected chi connectivity index (χ4v) is 4.13. The number of thiol groups is 1. The Labute approximate surface area is 251 Å². The first-order valence-electron chi connectivity index (χ1n) is 12.9. The number of halogens is 2. The number of nitrogens with two attached hydrogens (primary N) is 1. The summed E-state index contributed by atoms with van der Waals surface area (Å²) in [5.74, 6) is 2.06. The van der Waals surface area contributed by atoms with E-state index >= 15 is 0 Å². The standard InChI is InChI=1S/C16H24N5O2S.C12H13Cl2NO/c1-4-5-12-8-14(7-6-11(12)2)23-10-13-9-18-16(19-15(13)17)20-21(3,22)24;1-2-3-9-6-10(8-15)12(11(14)7-9)16-5-4-13/h6-9,22,24H,4-5,10H2,1-3H3,(H3,17,18,19,20);6-7H,2-5H2,1H3/q+1;. The van der Waals surface area contributed by atoms with E-state index in [0.29, 0.717) is 34.4 Å². The molecule has 0 aliphatic rings. The molecule has 4 N–H and O–H groups in total. The van der Waals surface area contributed by atoms with E-state index in [-0.39, 0.29) is 18.4 Å². The summed E-state index contributed by atoms with van der Waals surface area (Å²) in [5, 5.41) is 19.0. The highest BCUT2D eigenvalue weighted by molar-refractivity contribution is 7.74. The van der Waals surface area contributed by atoms with E-state index in [4.69, 9.17) is 43.7 Å². The van der Waals surface area contributed by atoms with Gasteiger partial charge in [-0.25, -0.2) is 4.98 Å². The second-order valence-corrected chi connectivity index (χ2v) is 10.7. The van der Waals surface area contributed by atoms with Crippen LogP contribution in [0.4, 0.5) is 11.8 Å². The Hall–Kier alpha value is -2.94. The van der Waals surface area contributed by atoms with Gasteiger partial charge in [-0.05, 0) is 64.9 Å². The molecule has 1 heterocycles. The van der Waals surface area contributed by atoms with Gasteiger partial charge in [0.2, 0.25) is 0 Å². The molecule has 0 fully saturated rings. The van der Waals surface area contributed by atoms with Gasteiger partial charge in [0.25, 0.3) is 5.95 Å². The van der Waals surface area contributed by atoms with E-state index in [2.05, 4.69) is 67.2 Å². The molecule has 0 radical (unpaired) electrons. The van der Waals surface area contributed by atoms with Crippen LogP contribution in [0.3, 0.4) is 0 Å². The summed E-state index contributed by atoms with van der Waals surface area (Å²) < 4.78 is 10.4. The molecule has 3 rings (SSSR count). The van der Waals surface area contributed by atoms with Gasteiger partial charge in [0.05, 0.1) is 22.0 Å². The van der Waals surface area contributed by atoms with Crippen molar-refractivity contribution in [1.29, 1.82) is 5.26 Å². The molecule has 0 saturated heterocycles. The second kappa shape index (κ2) is 16.4. The summed E-state index contributed by atoms with van der Waals surface area (Å²) in [6.07, 6.45) is 5.60. The Bertz CT molecular complexity index is 1300. The highest BCUT2D eigenvalue weighted by Crippen LogP contribution is 2.30. The van der Waals surface area contributed by atoms with Crippen molar-refractivity contribution in [3.8, 4) is 17.6 Å².